The summed E-state index contributed by atoms with van der Waals surface area (Å²) in [6.07, 6.45) is -1.03. The van der Waals surface area contributed by atoms with Gasteiger partial charge in [-0.05, 0) is 61.4 Å². The maximum atomic E-state index is 14.0. The molecule has 0 spiro atoms. The van der Waals surface area contributed by atoms with E-state index in [0.29, 0.717) is 25.2 Å². The fourth-order valence-electron chi connectivity index (χ4n) is 5.86. The van der Waals surface area contributed by atoms with Crippen LogP contribution >= 0.6 is 11.3 Å². The first kappa shape index (κ1) is 36.3. The molecule has 1 aliphatic rings. The Balaban J connectivity index is 1.58. The molecule has 2 heterocycles. The van der Waals surface area contributed by atoms with Crippen molar-refractivity contribution in [3.8, 4) is 5.75 Å². The number of urea groups is 1. The molecule has 2 aromatic carbocycles. The number of carbonyl (C=O) groups excluding carboxylic acids is 2. The van der Waals surface area contributed by atoms with Gasteiger partial charge in [-0.2, -0.15) is 4.31 Å². The van der Waals surface area contributed by atoms with E-state index >= 15 is 0 Å². The molecule has 0 aliphatic carbocycles. The summed E-state index contributed by atoms with van der Waals surface area (Å²) >= 11 is 1.52. The van der Waals surface area contributed by atoms with Crippen LogP contribution in [0.1, 0.15) is 49.5 Å². The van der Waals surface area contributed by atoms with E-state index in [-0.39, 0.29) is 48.0 Å². The summed E-state index contributed by atoms with van der Waals surface area (Å²) in [4.78, 5) is 35.3. The van der Waals surface area contributed by atoms with Gasteiger partial charge >= 0.3 is 6.03 Å². The standard InChI is InChI=1S/C34H47N5O6S2/c1-22(2)18-38(47(44,45)28-12-13-30(40)24(5)16-28)20-31(41)29(17-26-10-8-7-9-11-26)36-33(42)32(23(3)4)39-15-14-37(34(39)43)19-27-21-46-25(6)35-27/h7-13,16,21-23,29,31-32,40-41H,14-15,17-20H2,1-6H3,(H,36,42)/t29-,31-,32-/m0/s1. The molecule has 3 aromatic rings. The van der Waals surface area contributed by atoms with Crippen molar-refractivity contribution in [2.45, 2.75) is 77.6 Å². The zero-order chi connectivity index (χ0) is 34.5. The average molecular weight is 686 g/mol. The SMILES string of the molecule is Cc1nc(CN2CCN([C@H](C(=O)N[C@@H](Cc3ccccc3)[C@@H](O)CN(CC(C)C)S(=O)(=O)c3ccc(O)c(C)c3)C(C)C)C2=O)cs1. The van der Waals surface area contributed by atoms with Crippen molar-refractivity contribution in [3.63, 3.8) is 0 Å². The summed E-state index contributed by atoms with van der Waals surface area (Å²) in [5.74, 6) is -0.708. The first-order valence-electron chi connectivity index (χ1n) is 16.0. The third-order valence-electron chi connectivity index (χ3n) is 8.24. The number of benzene rings is 2. The topological polar surface area (TPSA) is 143 Å². The molecule has 3 N–H and O–H groups in total. The van der Waals surface area contributed by atoms with Crippen LogP contribution in [0.25, 0.3) is 0 Å². The normalized spacial score (nSPS) is 15.9. The molecule has 47 heavy (non-hydrogen) atoms. The maximum Gasteiger partial charge on any atom is 0.321 e. The van der Waals surface area contributed by atoms with Crippen LogP contribution in [0.3, 0.4) is 0 Å². The van der Waals surface area contributed by atoms with Crippen LogP contribution in [-0.2, 0) is 27.8 Å². The Morgan fingerprint density at radius 2 is 1.77 bits per heavy atom. The van der Waals surface area contributed by atoms with Crippen LogP contribution in [0, 0.1) is 25.7 Å². The number of amides is 3. The van der Waals surface area contributed by atoms with E-state index in [1.807, 2.05) is 70.3 Å². The van der Waals surface area contributed by atoms with Gasteiger partial charge in [0, 0.05) is 31.6 Å². The summed E-state index contributed by atoms with van der Waals surface area (Å²) < 4.78 is 28.9. The highest BCUT2D eigenvalue weighted by Gasteiger charge is 2.40. The molecule has 3 amide bonds. The zero-order valence-corrected chi connectivity index (χ0v) is 29.6. The fourth-order valence-corrected chi connectivity index (χ4v) is 8.17. The lowest BCUT2D eigenvalue weighted by Gasteiger charge is -2.34. The Morgan fingerprint density at radius 3 is 2.36 bits per heavy atom. The quantitative estimate of drug-likeness (QED) is 0.218. The van der Waals surface area contributed by atoms with Crippen molar-refractivity contribution in [1.82, 2.24) is 24.4 Å². The van der Waals surface area contributed by atoms with Gasteiger partial charge in [0.25, 0.3) is 0 Å². The molecule has 0 radical (unpaired) electrons. The Labute approximate surface area is 282 Å². The van der Waals surface area contributed by atoms with E-state index < -0.39 is 34.1 Å². The van der Waals surface area contributed by atoms with E-state index in [1.54, 1.807) is 16.7 Å². The van der Waals surface area contributed by atoms with Crippen molar-refractivity contribution in [2.24, 2.45) is 11.8 Å². The number of aliphatic hydroxyl groups is 1. The monoisotopic (exact) mass is 685 g/mol. The minimum absolute atomic E-state index is 0.00841. The molecule has 1 fully saturated rings. The number of thiazole rings is 1. The van der Waals surface area contributed by atoms with Crippen LogP contribution in [0.4, 0.5) is 4.79 Å². The van der Waals surface area contributed by atoms with Crippen molar-refractivity contribution >= 4 is 33.3 Å². The Bertz CT molecular complexity index is 1630. The number of phenolic OH excluding ortho intramolecular Hbond substituents is 1. The third-order valence-corrected chi connectivity index (χ3v) is 10.9. The van der Waals surface area contributed by atoms with Gasteiger partial charge in [0.1, 0.15) is 11.8 Å². The highest BCUT2D eigenvalue weighted by molar-refractivity contribution is 7.89. The molecule has 256 valence electrons. The minimum Gasteiger partial charge on any atom is -0.508 e. The Kier molecular flexibility index (Phi) is 12.0. The van der Waals surface area contributed by atoms with E-state index in [9.17, 15) is 28.2 Å². The first-order valence-corrected chi connectivity index (χ1v) is 18.3. The number of hydrogen-bond acceptors (Lipinski definition) is 8. The molecule has 0 unspecified atom stereocenters. The third kappa shape index (κ3) is 9.10. The second kappa shape index (κ2) is 15.6. The first-order chi connectivity index (χ1) is 22.2. The molecule has 1 aromatic heterocycles. The van der Waals surface area contributed by atoms with Crippen LogP contribution in [0.2, 0.25) is 0 Å². The molecular weight excluding hydrogens is 639 g/mol. The number of aromatic nitrogens is 1. The number of aliphatic hydroxyl groups excluding tert-OH is 1. The molecule has 4 rings (SSSR count). The number of aromatic hydroxyl groups is 1. The summed E-state index contributed by atoms with van der Waals surface area (Å²) in [6.45, 7) is 12.1. The van der Waals surface area contributed by atoms with Gasteiger partial charge in [0.2, 0.25) is 15.9 Å². The fraction of sp³-hybridized carbons (Fsp3) is 0.500. The van der Waals surface area contributed by atoms with Crippen molar-refractivity contribution in [2.75, 3.05) is 26.2 Å². The van der Waals surface area contributed by atoms with Gasteiger partial charge in [-0.25, -0.2) is 18.2 Å². The van der Waals surface area contributed by atoms with Gasteiger partial charge in [0.15, 0.2) is 0 Å². The van der Waals surface area contributed by atoms with E-state index in [2.05, 4.69) is 10.3 Å². The number of rotatable bonds is 15. The molecule has 0 saturated carbocycles. The van der Waals surface area contributed by atoms with Crippen molar-refractivity contribution in [1.29, 1.82) is 0 Å². The lowest BCUT2D eigenvalue weighted by molar-refractivity contribution is -0.128. The number of phenols is 1. The Hall–Kier alpha value is -3.52. The predicted octanol–water partition coefficient (Wildman–Crippen LogP) is 4.16. The van der Waals surface area contributed by atoms with Crippen LogP contribution in [0.5, 0.6) is 5.75 Å². The highest BCUT2D eigenvalue weighted by atomic mass is 32.2. The average Bonchev–Trinajstić information content (AvgIpc) is 3.58. The predicted molar refractivity (Wildman–Crippen MR) is 183 cm³/mol. The molecule has 1 saturated heterocycles. The molecular formula is C34H47N5O6S2. The second-order valence-corrected chi connectivity index (χ2v) is 16.0. The number of hydrogen-bond donors (Lipinski definition) is 3. The lowest BCUT2D eigenvalue weighted by atomic mass is 9.97. The summed E-state index contributed by atoms with van der Waals surface area (Å²) in [5, 5.41) is 27.5. The number of nitrogens with zero attached hydrogens (tertiary/aromatic N) is 4. The number of carbonyl (C=O) groups is 2. The number of aryl methyl sites for hydroxylation is 2. The molecule has 3 atom stereocenters. The van der Waals surface area contributed by atoms with E-state index in [4.69, 9.17) is 0 Å². The van der Waals surface area contributed by atoms with Gasteiger partial charge in [0.05, 0.1) is 34.3 Å². The summed E-state index contributed by atoms with van der Waals surface area (Å²) in [5.41, 5.74) is 2.08. The van der Waals surface area contributed by atoms with E-state index in [0.717, 1.165) is 16.3 Å². The van der Waals surface area contributed by atoms with Gasteiger partial charge in [-0.1, -0.05) is 58.0 Å². The highest BCUT2D eigenvalue weighted by Crippen LogP contribution is 2.25. The zero-order valence-electron chi connectivity index (χ0n) is 28.0. The number of sulfonamides is 1. The molecule has 11 nitrogen and oxygen atoms in total. The smallest absolute Gasteiger partial charge is 0.321 e. The van der Waals surface area contributed by atoms with Crippen molar-refractivity contribution < 1.29 is 28.2 Å². The summed E-state index contributed by atoms with van der Waals surface area (Å²) in [6, 6.07) is 11.6. The summed E-state index contributed by atoms with van der Waals surface area (Å²) in [7, 11) is -4.06. The van der Waals surface area contributed by atoms with Crippen LogP contribution in [-0.4, -0.2) is 94.0 Å². The van der Waals surface area contributed by atoms with Gasteiger partial charge in [-0.3, -0.25) is 4.79 Å². The minimum atomic E-state index is -4.06. The molecule has 1 aliphatic heterocycles. The molecule has 0 bridgehead atoms. The second-order valence-electron chi connectivity index (χ2n) is 13.0. The van der Waals surface area contributed by atoms with Crippen molar-refractivity contribution in [3.05, 3.63) is 75.7 Å². The Morgan fingerprint density at radius 1 is 1.06 bits per heavy atom. The van der Waals surface area contributed by atoms with Crippen LogP contribution in [0.15, 0.2) is 58.8 Å². The molecule has 13 heteroatoms. The lowest BCUT2D eigenvalue weighted by Crippen LogP contribution is -2.57. The maximum absolute atomic E-state index is 14.0. The van der Waals surface area contributed by atoms with Gasteiger partial charge in [-0.15, -0.1) is 11.3 Å². The van der Waals surface area contributed by atoms with Crippen LogP contribution < -0.4 is 5.32 Å². The number of nitrogens with one attached hydrogen (secondary N) is 1. The largest absolute Gasteiger partial charge is 0.508 e. The van der Waals surface area contributed by atoms with E-state index in [1.165, 1.54) is 33.8 Å². The van der Waals surface area contributed by atoms with Gasteiger partial charge < -0.3 is 25.3 Å².